The van der Waals surface area contributed by atoms with Crippen molar-refractivity contribution in [3.8, 4) is 5.75 Å². The van der Waals surface area contributed by atoms with Crippen LogP contribution in [-0.2, 0) is 19.9 Å². The lowest BCUT2D eigenvalue weighted by atomic mass is 10.0. The van der Waals surface area contributed by atoms with E-state index in [0.29, 0.717) is 6.04 Å². The van der Waals surface area contributed by atoms with Crippen molar-refractivity contribution in [1.82, 2.24) is 14.9 Å². The van der Waals surface area contributed by atoms with E-state index in [0.717, 1.165) is 44.0 Å². The Labute approximate surface area is 126 Å². The molecule has 0 saturated carbocycles. The van der Waals surface area contributed by atoms with E-state index in [-0.39, 0.29) is 0 Å². The van der Waals surface area contributed by atoms with Crippen LogP contribution in [0.1, 0.15) is 36.3 Å². The lowest BCUT2D eigenvalue weighted by Crippen LogP contribution is -2.24. The second kappa shape index (κ2) is 6.31. The molecule has 112 valence electrons. The first-order valence-electron chi connectivity index (χ1n) is 7.73. The van der Waals surface area contributed by atoms with Crippen LogP contribution in [0.4, 0.5) is 0 Å². The Morgan fingerprint density at radius 1 is 1.43 bits per heavy atom. The van der Waals surface area contributed by atoms with Gasteiger partial charge in [-0.05, 0) is 36.6 Å². The normalized spacial score (nSPS) is 14.8. The lowest BCUT2D eigenvalue weighted by Gasteiger charge is -2.17. The topological polar surface area (TPSA) is 39.1 Å². The van der Waals surface area contributed by atoms with Crippen molar-refractivity contribution in [2.75, 3.05) is 13.2 Å². The minimum Gasteiger partial charge on any atom is -0.493 e. The third-order valence-electron chi connectivity index (χ3n) is 4.10. The van der Waals surface area contributed by atoms with Crippen LogP contribution in [0.15, 0.2) is 30.6 Å². The molecule has 1 aromatic carbocycles. The Morgan fingerprint density at radius 3 is 3.10 bits per heavy atom. The highest BCUT2D eigenvalue weighted by Gasteiger charge is 2.16. The maximum absolute atomic E-state index is 5.57. The number of ether oxygens (including phenoxy) is 1. The quantitative estimate of drug-likeness (QED) is 0.887. The number of hydrogen-bond acceptors (Lipinski definition) is 3. The molecule has 1 aliphatic heterocycles. The highest BCUT2D eigenvalue weighted by molar-refractivity contribution is 5.39. The van der Waals surface area contributed by atoms with Gasteiger partial charge in [-0.1, -0.05) is 19.1 Å². The smallest absolute Gasteiger partial charge is 0.125 e. The summed E-state index contributed by atoms with van der Waals surface area (Å²) >= 11 is 0. The van der Waals surface area contributed by atoms with Gasteiger partial charge in [-0.25, -0.2) is 4.98 Å². The summed E-state index contributed by atoms with van der Waals surface area (Å²) in [7, 11) is 2.05. The van der Waals surface area contributed by atoms with Gasteiger partial charge in [0.25, 0.3) is 0 Å². The molecule has 4 nitrogen and oxygen atoms in total. The Bertz CT molecular complexity index is 606. The van der Waals surface area contributed by atoms with Gasteiger partial charge in [0, 0.05) is 25.9 Å². The van der Waals surface area contributed by atoms with Gasteiger partial charge in [0.05, 0.1) is 12.6 Å². The Kier molecular flexibility index (Phi) is 4.25. The number of rotatable bonds is 6. The third kappa shape index (κ3) is 3.10. The molecule has 4 heteroatoms. The zero-order chi connectivity index (χ0) is 14.7. The van der Waals surface area contributed by atoms with E-state index in [2.05, 4.69) is 47.0 Å². The van der Waals surface area contributed by atoms with Gasteiger partial charge in [-0.2, -0.15) is 0 Å². The number of aromatic nitrogens is 2. The molecule has 1 N–H and O–H groups in total. The summed E-state index contributed by atoms with van der Waals surface area (Å²) in [5.41, 5.74) is 2.74. The predicted molar refractivity (Wildman–Crippen MR) is 83.6 cm³/mol. The van der Waals surface area contributed by atoms with Crippen molar-refractivity contribution in [1.29, 1.82) is 0 Å². The first kappa shape index (κ1) is 14.1. The maximum Gasteiger partial charge on any atom is 0.125 e. The van der Waals surface area contributed by atoms with E-state index in [1.165, 1.54) is 11.1 Å². The number of aryl methyl sites for hydroxylation is 2. The van der Waals surface area contributed by atoms with Gasteiger partial charge in [-0.15, -0.1) is 0 Å². The van der Waals surface area contributed by atoms with Crippen LogP contribution in [0.25, 0.3) is 0 Å². The Hall–Kier alpha value is -1.81. The molecule has 0 saturated heterocycles. The van der Waals surface area contributed by atoms with Gasteiger partial charge in [0.1, 0.15) is 11.6 Å². The number of hydrogen-bond donors (Lipinski definition) is 1. The lowest BCUT2D eigenvalue weighted by molar-refractivity contribution is 0.357. The number of fused-ring (bicyclic) bond motifs is 1. The van der Waals surface area contributed by atoms with Crippen molar-refractivity contribution in [3.63, 3.8) is 0 Å². The first-order valence-corrected chi connectivity index (χ1v) is 7.73. The van der Waals surface area contributed by atoms with Crippen molar-refractivity contribution in [2.24, 2.45) is 7.05 Å². The molecular formula is C17H23N3O. The van der Waals surface area contributed by atoms with Gasteiger partial charge in [0.15, 0.2) is 0 Å². The Balaban J connectivity index is 1.68. The molecular weight excluding hydrogens is 262 g/mol. The molecule has 1 unspecified atom stereocenters. The molecule has 2 heterocycles. The molecule has 2 aromatic rings. The summed E-state index contributed by atoms with van der Waals surface area (Å²) in [6.45, 7) is 3.92. The maximum atomic E-state index is 5.57. The van der Waals surface area contributed by atoms with Gasteiger partial charge in [0.2, 0.25) is 0 Å². The highest BCUT2D eigenvalue weighted by Crippen LogP contribution is 2.27. The van der Waals surface area contributed by atoms with Crippen LogP contribution >= 0.6 is 0 Å². The van der Waals surface area contributed by atoms with Crippen LogP contribution in [0, 0.1) is 0 Å². The van der Waals surface area contributed by atoms with Crippen LogP contribution in [0.5, 0.6) is 5.75 Å². The Morgan fingerprint density at radius 2 is 2.33 bits per heavy atom. The summed E-state index contributed by atoms with van der Waals surface area (Å²) < 4.78 is 7.67. The van der Waals surface area contributed by atoms with Gasteiger partial charge >= 0.3 is 0 Å². The number of nitrogens with one attached hydrogen (secondary N) is 1. The zero-order valence-corrected chi connectivity index (χ0v) is 12.8. The summed E-state index contributed by atoms with van der Waals surface area (Å²) in [4.78, 5) is 4.49. The monoisotopic (exact) mass is 285 g/mol. The van der Waals surface area contributed by atoms with E-state index in [4.69, 9.17) is 4.74 Å². The average molecular weight is 285 g/mol. The second-order valence-corrected chi connectivity index (χ2v) is 5.59. The molecule has 1 atom stereocenters. The average Bonchev–Trinajstić information content (AvgIpc) is 3.11. The van der Waals surface area contributed by atoms with Gasteiger partial charge < -0.3 is 14.6 Å². The van der Waals surface area contributed by atoms with E-state index < -0.39 is 0 Å². The fourth-order valence-corrected chi connectivity index (χ4v) is 2.99. The summed E-state index contributed by atoms with van der Waals surface area (Å²) in [5, 5.41) is 3.54. The molecule has 0 spiro atoms. The predicted octanol–water partition coefficient (Wildman–Crippen LogP) is 2.64. The van der Waals surface area contributed by atoms with E-state index in [1.54, 1.807) is 0 Å². The van der Waals surface area contributed by atoms with Crippen LogP contribution in [0.2, 0.25) is 0 Å². The minimum absolute atomic E-state index is 0.305. The largest absolute Gasteiger partial charge is 0.493 e. The third-order valence-corrected chi connectivity index (χ3v) is 4.10. The van der Waals surface area contributed by atoms with E-state index in [1.807, 2.05) is 12.4 Å². The fraction of sp³-hybridized carbons (Fsp3) is 0.471. The van der Waals surface area contributed by atoms with Crippen LogP contribution in [0.3, 0.4) is 0 Å². The number of nitrogens with zero attached hydrogens (tertiary/aromatic N) is 2. The number of imidazole rings is 1. The van der Waals surface area contributed by atoms with Crippen molar-refractivity contribution < 1.29 is 4.74 Å². The van der Waals surface area contributed by atoms with E-state index >= 15 is 0 Å². The molecule has 0 amide bonds. The minimum atomic E-state index is 0.305. The molecule has 0 fully saturated rings. The molecule has 3 rings (SSSR count). The molecule has 0 aliphatic carbocycles. The highest BCUT2D eigenvalue weighted by atomic mass is 16.5. The summed E-state index contributed by atoms with van der Waals surface area (Å²) in [6, 6.07) is 6.90. The molecule has 1 aliphatic rings. The second-order valence-electron chi connectivity index (χ2n) is 5.59. The molecule has 0 bridgehead atoms. The van der Waals surface area contributed by atoms with Crippen molar-refractivity contribution in [2.45, 2.75) is 32.2 Å². The van der Waals surface area contributed by atoms with Crippen LogP contribution in [-0.4, -0.2) is 22.7 Å². The fourth-order valence-electron chi connectivity index (χ4n) is 2.99. The molecule has 21 heavy (non-hydrogen) atoms. The summed E-state index contributed by atoms with van der Waals surface area (Å²) in [5.74, 6) is 2.17. The van der Waals surface area contributed by atoms with Crippen molar-refractivity contribution >= 4 is 0 Å². The molecule has 0 radical (unpaired) electrons. The van der Waals surface area contributed by atoms with Crippen LogP contribution < -0.4 is 10.1 Å². The summed E-state index contributed by atoms with van der Waals surface area (Å²) in [6.07, 6.45) is 7.02. The van der Waals surface area contributed by atoms with E-state index in [9.17, 15) is 0 Å². The van der Waals surface area contributed by atoms with Gasteiger partial charge in [-0.3, -0.25) is 0 Å². The standard InChI is InChI=1S/C17H23N3O/c1-3-18-15(17-19-9-10-20(17)2)6-4-13-5-7-16-14(12-13)8-11-21-16/h5,7,9-10,12,15,18H,3-4,6,8,11H2,1-2H3. The molecule has 1 aromatic heterocycles. The first-order chi connectivity index (χ1) is 10.3. The SMILES string of the molecule is CCNC(CCc1ccc2c(c1)CCO2)c1nccn1C. The number of benzene rings is 1. The zero-order valence-electron chi connectivity index (χ0n) is 12.8. The van der Waals surface area contributed by atoms with Crippen molar-refractivity contribution in [3.05, 3.63) is 47.5 Å².